The molecule has 0 bridgehead atoms. The van der Waals surface area contributed by atoms with E-state index in [4.69, 9.17) is 0 Å². The molecular weight excluding hydrogens is 222 g/mol. The minimum absolute atomic E-state index is 0.712. The molecule has 3 nitrogen and oxygen atoms in total. The van der Waals surface area contributed by atoms with Crippen LogP contribution >= 0.6 is 0 Å². The minimum atomic E-state index is 0.712. The number of nitrogens with zero attached hydrogens (tertiary/aromatic N) is 2. The van der Waals surface area contributed by atoms with Crippen molar-refractivity contribution in [3.05, 3.63) is 17.5 Å². The van der Waals surface area contributed by atoms with E-state index in [0.29, 0.717) is 6.04 Å². The molecule has 18 heavy (non-hydrogen) atoms. The summed E-state index contributed by atoms with van der Waals surface area (Å²) in [4.78, 5) is 0. The molecule has 2 unspecified atom stereocenters. The summed E-state index contributed by atoms with van der Waals surface area (Å²) in [5.41, 5.74) is 2.46. The highest BCUT2D eigenvalue weighted by Gasteiger charge is 2.20. The molecule has 0 radical (unpaired) electrons. The van der Waals surface area contributed by atoms with Crippen LogP contribution in [0.4, 0.5) is 0 Å². The fraction of sp³-hybridized carbons (Fsp3) is 0.800. The molecule has 1 aliphatic rings. The molecule has 1 heterocycles. The van der Waals surface area contributed by atoms with Crippen molar-refractivity contribution in [2.24, 2.45) is 5.92 Å². The fourth-order valence-corrected chi connectivity index (χ4v) is 3.11. The highest BCUT2D eigenvalue weighted by Crippen LogP contribution is 2.26. The van der Waals surface area contributed by atoms with Gasteiger partial charge in [0.15, 0.2) is 0 Å². The monoisotopic (exact) mass is 249 g/mol. The first-order chi connectivity index (χ1) is 8.72. The lowest BCUT2D eigenvalue weighted by Gasteiger charge is -2.29. The summed E-state index contributed by atoms with van der Waals surface area (Å²) >= 11 is 0. The quantitative estimate of drug-likeness (QED) is 0.868. The average molecular weight is 249 g/mol. The van der Waals surface area contributed by atoms with Crippen LogP contribution in [0.2, 0.25) is 0 Å². The maximum Gasteiger partial charge on any atom is 0.0597 e. The third-order valence-corrected chi connectivity index (χ3v) is 4.22. The smallest absolute Gasteiger partial charge is 0.0597 e. The van der Waals surface area contributed by atoms with Gasteiger partial charge < -0.3 is 5.32 Å². The Morgan fingerprint density at radius 3 is 2.94 bits per heavy atom. The topological polar surface area (TPSA) is 29.9 Å². The van der Waals surface area contributed by atoms with E-state index in [1.165, 1.54) is 37.8 Å². The van der Waals surface area contributed by atoms with E-state index in [9.17, 15) is 0 Å². The van der Waals surface area contributed by atoms with E-state index in [0.717, 1.165) is 24.7 Å². The van der Waals surface area contributed by atoms with Crippen LogP contribution in [-0.2, 0) is 13.1 Å². The SMILES string of the molecule is CCC1CCCC(NCc2cc(C)nn2CC)C1. The number of aromatic nitrogens is 2. The van der Waals surface area contributed by atoms with Crippen LogP contribution in [0.15, 0.2) is 6.07 Å². The predicted molar refractivity (Wildman–Crippen MR) is 75.5 cm³/mol. The standard InChI is InChI=1S/C15H27N3/c1-4-13-7-6-8-14(10-13)16-11-15-9-12(3)17-18(15)5-2/h9,13-14,16H,4-8,10-11H2,1-3H3. The molecule has 2 atom stereocenters. The van der Waals surface area contributed by atoms with Gasteiger partial charge in [-0.05, 0) is 38.7 Å². The lowest BCUT2D eigenvalue weighted by atomic mass is 9.84. The zero-order chi connectivity index (χ0) is 13.0. The Morgan fingerprint density at radius 1 is 1.39 bits per heavy atom. The van der Waals surface area contributed by atoms with Crippen molar-refractivity contribution in [3.63, 3.8) is 0 Å². The minimum Gasteiger partial charge on any atom is -0.308 e. The summed E-state index contributed by atoms with van der Waals surface area (Å²) in [5, 5.41) is 8.23. The van der Waals surface area contributed by atoms with Crippen LogP contribution in [0.5, 0.6) is 0 Å². The molecule has 0 aliphatic heterocycles. The lowest BCUT2D eigenvalue weighted by molar-refractivity contribution is 0.276. The van der Waals surface area contributed by atoms with Crippen molar-refractivity contribution in [2.45, 2.75) is 72.0 Å². The van der Waals surface area contributed by atoms with Crippen molar-refractivity contribution >= 4 is 0 Å². The van der Waals surface area contributed by atoms with Crippen LogP contribution in [0.25, 0.3) is 0 Å². The normalized spacial score (nSPS) is 24.4. The second-order valence-corrected chi connectivity index (χ2v) is 5.61. The summed E-state index contributed by atoms with van der Waals surface area (Å²) in [6, 6.07) is 2.92. The lowest BCUT2D eigenvalue weighted by Crippen LogP contribution is -2.34. The van der Waals surface area contributed by atoms with Crippen LogP contribution in [-0.4, -0.2) is 15.8 Å². The Labute approximate surface area is 111 Å². The molecule has 3 heteroatoms. The van der Waals surface area contributed by atoms with Gasteiger partial charge in [0.25, 0.3) is 0 Å². The maximum absolute atomic E-state index is 4.50. The number of aryl methyl sites for hydroxylation is 2. The van der Waals surface area contributed by atoms with Crippen LogP contribution < -0.4 is 5.32 Å². The number of nitrogens with one attached hydrogen (secondary N) is 1. The van der Waals surface area contributed by atoms with Gasteiger partial charge in [0.1, 0.15) is 0 Å². The second-order valence-electron chi connectivity index (χ2n) is 5.61. The summed E-state index contributed by atoms with van der Waals surface area (Å²) in [6.07, 6.45) is 6.86. The predicted octanol–water partition coefficient (Wildman–Crippen LogP) is 3.27. The molecule has 1 N–H and O–H groups in total. The number of hydrogen-bond acceptors (Lipinski definition) is 2. The first kappa shape index (κ1) is 13.6. The van der Waals surface area contributed by atoms with E-state index < -0.39 is 0 Å². The summed E-state index contributed by atoms with van der Waals surface area (Å²) in [5.74, 6) is 0.939. The van der Waals surface area contributed by atoms with E-state index in [-0.39, 0.29) is 0 Å². The molecule has 1 aromatic heterocycles. The zero-order valence-corrected chi connectivity index (χ0v) is 12.1. The van der Waals surface area contributed by atoms with E-state index in [1.54, 1.807) is 0 Å². The Balaban J connectivity index is 1.86. The molecule has 0 saturated heterocycles. The van der Waals surface area contributed by atoms with Crippen molar-refractivity contribution < 1.29 is 0 Å². The molecule has 0 spiro atoms. The van der Waals surface area contributed by atoms with Crippen LogP contribution in [0, 0.1) is 12.8 Å². The summed E-state index contributed by atoms with van der Waals surface area (Å²) < 4.78 is 2.11. The highest BCUT2D eigenvalue weighted by molar-refractivity contribution is 5.08. The molecule has 2 rings (SSSR count). The van der Waals surface area contributed by atoms with Gasteiger partial charge in [-0.15, -0.1) is 0 Å². The molecule has 1 aromatic rings. The molecule has 0 aromatic carbocycles. The Hall–Kier alpha value is -0.830. The van der Waals surface area contributed by atoms with Crippen molar-refractivity contribution in [1.82, 2.24) is 15.1 Å². The summed E-state index contributed by atoms with van der Waals surface area (Å²) in [6.45, 7) is 8.48. The maximum atomic E-state index is 4.50. The van der Waals surface area contributed by atoms with E-state index >= 15 is 0 Å². The average Bonchev–Trinajstić information content (AvgIpc) is 2.77. The molecule has 1 saturated carbocycles. The van der Waals surface area contributed by atoms with E-state index in [1.807, 2.05) is 0 Å². The van der Waals surface area contributed by atoms with Crippen LogP contribution in [0.1, 0.15) is 57.3 Å². The zero-order valence-electron chi connectivity index (χ0n) is 12.1. The highest BCUT2D eigenvalue weighted by atomic mass is 15.3. The Morgan fingerprint density at radius 2 is 2.22 bits per heavy atom. The molecule has 1 aliphatic carbocycles. The molecule has 0 amide bonds. The Bertz CT molecular complexity index is 370. The number of hydrogen-bond donors (Lipinski definition) is 1. The molecule has 102 valence electrons. The number of rotatable bonds is 5. The first-order valence-electron chi connectivity index (χ1n) is 7.49. The fourth-order valence-electron chi connectivity index (χ4n) is 3.11. The van der Waals surface area contributed by atoms with Crippen molar-refractivity contribution in [2.75, 3.05) is 0 Å². The largest absolute Gasteiger partial charge is 0.308 e. The van der Waals surface area contributed by atoms with E-state index in [2.05, 4.69) is 41.9 Å². The Kier molecular flexibility index (Phi) is 4.81. The third-order valence-electron chi connectivity index (χ3n) is 4.22. The first-order valence-corrected chi connectivity index (χ1v) is 7.49. The van der Waals surface area contributed by atoms with Gasteiger partial charge in [-0.25, -0.2) is 0 Å². The van der Waals surface area contributed by atoms with Crippen molar-refractivity contribution in [1.29, 1.82) is 0 Å². The summed E-state index contributed by atoms with van der Waals surface area (Å²) in [7, 11) is 0. The van der Waals surface area contributed by atoms with Gasteiger partial charge in [0.2, 0.25) is 0 Å². The van der Waals surface area contributed by atoms with Gasteiger partial charge in [-0.1, -0.05) is 26.2 Å². The second kappa shape index (κ2) is 6.37. The molecule has 1 fully saturated rings. The van der Waals surface area contributed by atoms with Gasteiger partial charge in [0, 0.05) is 19.1 Å². The van der Waals surface area contributed by atoms with Gasteiger partial charge in [-0.2, -0.15) is 5.10 Å². The van der Waals surface area contributed by atoms with Crippen molar-refractivity contribution in [3.8, 4) is 0 Å². The third kappa shape index (κ3) is 3.35. The van der Waals surface area contributed by atoms with Gasteiger partial charge in [0.05, 0.1) is 11.4 Å². The van der Waals surface area contributed by atoms with Gasteiger partial charge >= 0.3 is 0 Å². The molecular formula is C15H27N3. The van der Waals surface area contributed by atoms with Crippen LogP contribution in [0.3, 0.4) is 0 Å². The van der Waals surface area contributed by atoms with Gasteiger partial charge in [-0.3, -0.25) is 4.68 Å².